The van der Waals surface area contributed by atoms with Crippen LogP contribution in [0.5, 0.6) is 11.5 Å². The molecule has 3 heterocycles. The molecule has 0 bridgehead atoms. The lowest BCUT2D eigenvalue weighted by molar-refractivity contribution is -0.143. The third kappa shape index (κ3) is 3.04. The van der Waals surface area contributed by atoms with E-state index in [4.69, 9.17) is 30.8 Å². The van der Waals surface area contributed by atoms with Gasteiger partial charge < -0.3 is 19.5 Å². The highest BCUT2D eigenvalue weighted by molar-refractivity contribution is 6.22. The van der Waals surface area contributed by atoms with Crippen molar-refractivity contribution in [1.82, 2.24) is 10.3 Å². The Morgan fingerprint density at radius 2 is 2.14 bits per heavy atom. The van der Waals surface area contributed by atoms with Gasteiger partial charge in [-0.2, -0.15) is 0 Å². The molecule has 1 aromatic carbocycles. The van der Waals surface area contributed by atoms with E-state index in [1.165, 1.54) is 13.5 Å². The van der Waals surface area contributed by atoms with Crippen molar-refractivity contribution in [1.29, 1.82) is 0 Å². The quantitative estimate of drug-likeness (QED) is 0.605. The first-order chi connectivity index (χ1) is 14.0. The summed E-state index contributed by atoms with van der Waals surface area (Å²) in [5, 5.41) is 4.00. The number of carbonyl (C=O) groups excluding carboxylic acids is 1. The summed E-state index contributed by atoms with van der Waals surface area (Å²) < 4.78 is 17.0. The summed E-state index contributed by atoms with van der Waals surface area (Å²) in [6.07, 6.45) is 4.62. The normalized spacial score (nSPS) is 28.7. The first kappa shape index (κ1) is 18.9. The topological polar surface area (TPSA) is 69.7 Å². The van der Waals surface area contributed by atoms with E-state index in [0.717, 1.165) is 46.5 Å². The molecule has 1 N–H and O–H groups in total. The molecule has 2 aliphatic heterocycles. The van der Waals surface area contributed by atoms with Gasteiger partial charge in [-0.3, -0.25) is 4.79 Å². The average Bonchev–Trinajstić information content (AvgIpc) is 3.08. The molecular weight excluding hydrogens is 392 g/mol. The van der Waals surface area contributed by atoms with Gasteiger partial charge in [0.1, 0.15) is 23.1 Å². The molecule has 1 saturated heterocycles. The second-order valence-electron chi connectivity index (χ2n) is 8.37. The maximum absolute atomic E-state index is 12.0. The van der Waals surface area contributed by atoms with Crippen LogP contribution in [0.3, 0.4) is 0 Å². The van der Waals surface area contributed by atoms with E-state index in [1.54, 1.807) is 7.11 Å². The van der Waals surface area contributed by atoms with Crippen LogP contribution >= 0.6 is 11.6 Å². The summed E-state index contributed by atoms with van der Waals surface area (Å²) in [5.74, 6) is 1.73. The standard InChI is InChI=1S/C22H25ClN2O4/c1-27-13-6-7-16-14(8-13)18-15(23)9-22(10-17(24-11-22)21(26)28-2)29-20(18)19(25-16)12-4-3-5-12/h6-8,12,15,17,24H,3-5,9-11H2,1-2H3/t15?,17-,22-/m0/s1. The zero-order valence-corrected chi connectivity index (χ0v) is 17.4. The third-order valence-corrected chi connectivity index (χ3v) is 6.99. The van der Waals surface area contributed by atoms with Crippen molar-refractivity contribution in [3.8, 4) is 11.5 Å². The molecule has 1 unspecified atom stereocenters. The van der Waals surface area contributed by atoms with Gasteiger partial charge in [0.05, 0.1) is 30.8 Å². The Hall–Kier alpha value is -2.05. The Morgan fingerprint density at radius 3 is 2.83 bits per heavy atom. The number of ether oxygens (including phenoxy) is 3. The number of methoxy groups -OCH3 is 2. The van der Waals surface area contributed by atoms with E-state index in [-0.39, 0.29) is 17.4 Å². The predicted molar refractivity (Wildman–Crippen MR) is 110 cm³/mol. The molecule has 154 valence electrons. The van der Waals surface area contributed by atoms with Gasteiger partial charge in [0, 0.05) is 36.3 Å². The Morgan fingerprint density at radius 1 is 1.31 bits per heavy atom. The van der Waals surface area contributed by atoms with Crippen LogP contribution in [0, 0.1) is 0 Å². The molecule has 1 saturated carbocycles. The number of rotatable bonds is 3. The van der Waals surface area contributed by atoms with Crippen molar-refractivity contribution < 1.29 is 19.0 Å². The second-order valence-corrected chi connectivity index (χ2v) is 8.90. The summed E-state index contributed by atoms with van der Waals surface area (Å²) >= 11 is 7.00. The van der Waals surface area contributed by atoms with Crippen molar-refractivity contribution in [3.63, 3.8) is 0 Å². The number of hydrogen-bond acceptors (Lipinski definition) is 6. The maximum atomic E-state index is 12.0. The molecule has 1 aromatic heterocycles. The highest BCUT2D eigenvalue weighted by Gasteiger charge is 2.50. The zero-order chi connectivity index (χ0) is 20.2. The van der Waals surface area contributed by atoms with Crippen molar-refractivity contribution >= 4 is 28.5 Å². The number of fused-ring (bicyclic) bond motifs is 3. The number of alkyl halides is 1. The zero-order valence-electron chi connectivity index (χ0n) is 16.7. The van der Waals surface area contributed by atoms with Crippen molar-refractivity contribution in [2.45, 2.75) is 55.0 Å². The van der Waals surface area contributed by atoms with E-state index in [9.17, 15) is 4.79 Å². The monoisotopic (exact) mass is 416 g/mol. The molecule has 3 atom stereocenters. The fourth-order valence-electron chi connectivity index (χ4n) is 4.83. The highest BCUT2D eigenvalue weighted by atomic mass is 35.5. The van der Waals surface area contributed by atoms with Crippen LogP contribution in [-0.2, 0) is 9.53 Å². The Balaban J connectivity index is 1.62. The minimum atomic E-state index is -0.523. The molecule has 3 aliphatic rings. The van der Waals surface area contributed by atoms with Crippen molar-refractivity contribution in [3.05, 3.63) is 29.5 Å². The van der Waals surface area contributed by atoms with Crippen molar-refractivity contribution in [2.75, 3.05) is 20.8 Å². The number of carbonyl (C=O) groups is 1. The van der Waals surface area contributed by atoms with E-state index in [0.29, 0.717) is 25.3 Å². The minimum absolute atomic E-state index is 0.228. The number of halogens is 1. The molecule has 0 radical (unpaired) electrons. The summed E-state index contributed by atoms with van der Waals surface area (Å²) in [4.78, 5) is 17.0. The number of pyridine rings is 1. The van der Waals surface area contributed by atoms with Gasteiger partial charge in [-0.25, -0.2) is 4.98 Å². The lowest BCUT2D eigenvalue weighted by Gasteiger charge is -2.40. The van der Waals surface area contributed by atoms with E-state index in [1.807, 2.05) is 18.2 Å². The summed E-state index contributed by atoms with van der Waals surface area (Å²) in [7, 11) is 3.07. The fourth-order valence-corrected chi connectivity index (χ4v) is 5.33. The fraction of sp³-hybridized carbons (Fsp3) is 0.545. The molecule has 6 nitrogen and oxygen atoms in total. The lowest BCUT2D eigenvalue weighted by atomic mass is 9.79. The van der Waals surface area contributed by atoms with Crippen LogP contribution in [0.25, 0.3) is 10.9 Å². The van der Waals surface area contributed by atoms with Gasteiger partial charge in [0.25, 0.3) is 0 Å². The van der Waals surface area contributed by atoms with E-state index in [2.05, 4.69) is 5.32 Å². The predicted octanol–water partition coefficient (Wildman–Crippen LogP) is 3.85. The Labute approximate surface area is 174 Å². The van der Waals surface area contributed by atoms with Crippen LogP contribution in [0.4, 0.5) is 0 Å². The molecule has 2 aromatic rings. The lowest BCUT2D eigenvalue weighted by Crippen LogP contribution is -2.43. The minimum Gasteiger partial charge on any atom is -0.497 e. The van der Waals surface area contributed by atoms with Gasteiger partial charge in [0.2, 0.25) is 0 Å². The molecule has 1 aliphatic carbocycles. The molecule has 1 spiro atoms. The largest absolute Gasteiger partial charge is 0.497 e. The van der Waals surface area contributed by atoms with Gasteiger partial charge in [0.15, 0.2) is 0 Å². The third-order valence-electron chi connectivity index (χ3n) is 6.62. The summed E-state index contributed by atoms with van der Waals surface area (Å²) in [5.41, 5.74) is 2.42. The van der Waals surface area contributed by atoms with Crippen LogP contribution in [0.2, 0.25) is 0 Å². The number of esters is 1. The molecular formula is C22H25ClN2O4. The summed E-state index contributed by atoms with van der Waals surface area (Å²) in [6, 6.07) is 5.55. The second kappa shape index (κ2) is 7.03. The average molecular weight is 417 g/mol. The summed E-state index contributed by atoms with van der Waals surface area (Å²) in [6.45, 7) is 0.565. The first-order valence-corrected chi connectivity index (χ1v) is 10.6. The number of nitrogens with one attached hydrogen (secondary N) is 1. The van der Waals surface area contributed by atoms with Crippen LogP contribution in [0.15, 0.2) is 18.2 Å². The Bertz CT molecular complexity index is 977. The molecule has 0 amide bonds. The molecule has 5 rings (SSSR count). The number of hydrogen-bond donors (Lipinski definition) is 1. The smallest absolute Gasteiger partial charge is 0.323 e. The van der Waals surface area contributed by atoms with Gasteiger partial charge in [-0.1, -0.05) is 6.42 Å². The number of nitrogens with zero attached hydrogens (tertiary/aromatic N) is 1. The van der Waals surface area contributed by atoms with E-state index < -0.39 is 5.60 Å². The van der Waals surface area contributed by atoms with Gasteiger partial charge in [-0.05, 0) is 31.0 Å². The number of benzene rings is 1. The highest BCUT2D eigenvalue weighted by Crippen LogP contribution is 2.53. The molecule has 2 fully saturated rings. The maximum Gasteiger partial charge on any atom is 0.323 e. The SMILES string of the molecule is COC(=O)[C@@H]1C[C@]2(CN1)CC(Cl)c1c(c(C3CCC3)nc3ccc(OC)cc13)O2. The van der Waals surface area contributed by atoms with Crippen LogP contribution < -0.4 is 14.8 Å². The Kier molecular flexibility index (Phi) is 4.59. The number of aromatic nitrogens is 1. The van der Waals surface area contributed by atoms with E-state index >= 15 is 0 Å². The first-order valence-electron chi connectivity index (χ1n) is 10.2. The van der Waals surface area contributed by atoms with Crippen LogP contribution in [-0.4, -0.2) is 43.4 Å². The van der Waals surface area contributed by atoms with Crippen molar-refractivity contribution in [2.24, 2.45) is 0 Å². The van der Waals surface area contributed by atoms with Gasteiger partial charge >= 0.3 is 5.97 Å². The van der Waals surface area contributed by atoms with Gasteiger partial charge in [-0.15, -0.1) is 11.6 Å². The van der Waals surface area contributed by atoms with Crippen LogP contribution in [0.1, 0.15) is 54.7 Å². The molecule has 7 heteroatoms. The molecule has 29 heavy (non-hydrogen) atoms.